The average molecular weight is 350 g/mol. The predicted molar refractivity (Wildman–Crippen MR) is 105 cm³/mol. The van der Waals surface area contributed by atoms with E-state index in [0.717, 1.165) is 38.5 Å². The lowest BCUT2D eigenvalue weighted by atomic mass is 10.0. The molecule has 3 heterocycles. The van der Waals surface area contributed by atoms with Crippen molar-refractivity contribution in [3.05, 3.63) is 42.4 Å². The Morgan fingerprint density at radius 1 is 1.16 bits per heavy atom. The number of aliphatic hydroxyl groups excluding tert-OH is 1. The van der Waals surface area contributed by atoms with Crippen LogP contribution in [-0.2, 0) is 13.7 Å². The van der Waals surface area contributed by atoms with Crippen molar-refractivity contribution in [1.29, 1.82) is 0 Å². The third-order valence-corrected chi connectivity index (χ3v) is 6.61. The highest BCUT2D eigenvalue weighted by Crippen LogP contribution is 2.31. The first-order chi connectivity index (χ1) is 11.9. The van der Waals surface area contributed by atoms with Gasteiger partial charge in [-0.25, -0.2) is 4.98 Å². The number of pyridine rings is 1. The van der Waals surface area contributed by atoms with Crippen LogP contribution in [0.3, 0.4) is 0 Å². The van der Waals surface area contributed by atoms with Crippen molar-refractivity contribution >= 4 is 35.2 Å². The molecule has 0 saturated carbocycles. The van der Waals surface area contributed by atoms with Gasteiger partial charge in [-0.1, -0.05) is 31.8 Å². The van der Waals surface area contributed by atoms with Crippen LogP contribution in [0, 0.1) is 0 Å². The molecule has 0 bridgehead atoms. The molecular weight excluding hydrogens is 328 g/mol. The fourth-order valence-corrected chi connectivity index (χ4v) is 5.08. The first-order valence-electron chi connectivity index (χ1n) is 8.42. The van der Waals surface area contributed by atoms with Crippen LogP contribution in [0.5, 0.6) is 0 Å². The largest absolute Gasteiger partial charge is 0.392 e. The minimum atomic E-state index is -1.61. The summed E-state index contributed by atoms with van der Waals surface area (Å²) in [5, 5.41) is 18.8. The second-order valence-corrected chi connectivity index (χ2v) is 12.6. The Balaban J connectivity index is 2.06. The molecule has 4 rings (SSSR count). The topological polar surface area (TPSA) is 66.7 Å². The third kappa shape index (κ3) is 2.58. The van der Waals surface area contributed by atoms with Crippen molar-refractivity contribution in [1.82, 2.24) is 19.7 Å². The maximum Gasteiger partial charge on any atom is 0.138 e. The van der Waals surface area contributed by atoms with E-state index in [1.807, 2.05) is 25.6 Å². The zero-order chi connectivity index (χ0) is 17.8. The Morgan fingerprint density at radius 3 is 2.60 bits per heavy atom. The summed E-state index contributed by atoms with van der Waals surface area (Å²) in [6.45, 7) is 6.86. The van der Waals surface area contributed by atoms with Crippen molar-refractivity contribution in [3.8, 4) is 11.1 Å². The molecule has 0 aliphatic rings. The average Bonchev–Trinajstić information content (AvgIpc) is 3.17. The van der Waals surface area contributed by atoms with Crippen molar-refractivity contribution in [2.75, 3.05) is 0 Å². The molecule has 2 N–H and O–H groups in total. The Bertz CT molecular complexity index is 1090. The highest BCUT2D eigenvalue weighted by atomic mass is 28.3. The van der Waals surface area contributed by atoms with Crippen molar-refractivity contribution in [2.45, 2.75) is 26.2 Å². The van der Waals surface area contributed by atoms with E-state index in [4.69, 9.17) is 0 Å². The Labute approximate surface area is 147 Å². The number of nitrogens with one attached hydrogen (secondary N) is 1. The standard InChI is InChI=1S/C19H22N4OSi/c1-23-10-14(9-21-23)12-5-6-13-8-20-18-17(15(13)7-12)16(11-24)19(22-18)25(2,3)4/h5-10,24H,11H2,1-4H3,(H,20,22). The van der Waals surface area contributed by atoms with Gasteiger partial charge in [0.2, 0.25) is 0 Å². The molecule has 0 saturated heterocycles. The van der Waals surface area contributed by atoms with E-state index in [0.29, 0.717) is 0 Å². The maximum absolute atomic E-state index is 10.1. The van der Waals surface area contributed by atoms with Gasteiger partial charge in [-0.05, 0) is 17.0 Å². The molecule has 1 aromatic carbocycles. The summed E-state index contributed by atoms with van der Waals surface area (Å²) in [7, 11) is 0.307. The molecule has 128 valence electrons. The van der Waals surface area contributed by atoms with E-state index in [9.17, 15) is 5.11 Å². The van der Waals surface area contributed by atoms with E-state index < -0.39 is 8.07 Å². The zero-order valence-corrected chi connectivity index (χ0v) is 16.0. The summed E-state index contributed by atoms with van der Waals surface area (Å²) >= 11 is 0. The summed E-state index contributed by atoms with van der Waals surface area (Å²) in [5.74, 6) is 0. The van der Waals surface area contributed by atoms with Gasteiger partial charge >= 0.3 is 0 Å². The Hall–Kier alpha value is -2.44. The molecule has 3 aromatic heterocycles. The van der Waals surface area contributed by atoms with Gasteiger partial charge in [0.25, 0.3) is 0 Å². The number of aryl methyl sites for hydroxylation is 1. The van der Waals surface area contributed by atoms with Crippen LogP contribution < -0.4 is 5.32 Å². The highest BCUT2D eigenvalue weighted by Gasteiger charge is 2.25. The minimum Gasteiger partial charge on any atom is -0.392 e. The molecule has 0 aliphatic heterocycles. The summed E-state index contributed by atoms with van der Waals surface area (Å²) in [4.78, 5) is 8.08. The van der Waals surface area contributed by atoms with Gasteiger partial charge in [0.1, 0.15) is 5.65 Å². The molecule has 5 nitrogen and oxygen atoms in total. The van der Waals surface area contributed by atoms with E-state index in [-0.39, 0.29) is 6.61 Å². The van der Waals surface area contributed by atoms with Gasteiger partial charge < -0.3 is 10.1 Å². The lowest BCUT2D eigenvalue weighted by Gasteiger charge is -2.16. The van der Waals surface area contributed by atoms with Crippen LogP contribution in [-0.4, -0.2) is 32.9 Å². The van der Waals surface area contributed by atoms with Gasteiger partial charge in [0.05, 0.1) is 20.9 Å². The molecule has 0 spiro atoms. The third-order valence-electron chi connectivity index (χ3n) is 4.69. The summed E-state index contributed by atoms with van der Waals surface area (Å²) in [6.07, 6.45) is 5.78. The smallest absolute Gasteiger partial charge is 0.138 e. The normalized spacial score (nSPS) is 12.4. The SMILES string of the molecule is Cn1cc(-c2ccc3cnc4[nH]c([Si](C)(C)C)c(CO)c4c3c2)cn1. The molecule has 0 amide bonds. The quantitative estimate of drug-likeness (QED) is 0.558. The molecule has 0 radical (unpaired) electrons. The van der Waals surface area contributed by atoms with Crippen LogP contribution in [0.4, 0.5) is 0 Å². The molecule has 4 aromatic rings. The molecule has 0 unspecified atom stereocenters. The van der Waals surface area contributed by atoms with Gasteiger partial charge in [0.15, 0.2) is 0 Å². The molecule has 0 aliphatic carbocycles. The number of hydrogen-bond donors (Lipinski definition) is 2. The van der Waals surface area contributed by atoms with E-state index >= 15 is 0 Å². The highest BCUT2D eigenvalue weighted by molar-refractivity contribution is 6.88. The second-order valence-electron chi connectivity index (χ2n) is 7.57. The monoisotopic (exact) mass is 350 g/mol. The minimum absolute atomic E-state index is 0.0253. The van der Waals surface area contributed by atoms with Crippen molar-refractivity contribution in [3.63, 3.8) is 0 Å². The van der Waals surface area contributed by atoms with Crippen molar-refractivity contribution in [2.24, 2.45) is 7.05 Å². The Morgan fingerprint density at radius 2 is 1.96 bits per heavy atom. The number of aromatic nitrogens is 4. The number of fused-ring (bicyclic) bond motifs is 3. The lowest BCUT2D eigenvalue weighted by molar-refractivity contribution is 0.284. The molecule has 0 fully saturated rings. The van der Waals surface area contributed by atoms with Gasteiger partial charge in [0, 0.05) is 46.7 Å². The number of H-pyrrole nitrogens is 1. The van der Waals surface area contributed by atoms with E-state index in [1.54, 1.807) is 4.68 Å². The summed E-state index contributed by atoms with van der Waals surface area (Å²) < 4.78 is 1.81. The first-order valence-corrected chi connectivity index (χ1v) is 11.9. The molecular formula is C19H22N4OSi. The zero-order valence-electron chi connectivity index (χ0n) is 15.0. The van der Waals surface area contributed by atoms with Crippen LogP contribution in [0.1, 0.15) is 5.56 Å². The van der Waals surface area contributed by atoms with E-state index in [2.05, 4.69) is 52.9 Å². The maximum atomic E-state index is 10.1. The molecule has 6 heteroatoms. The van der Waals surface area contributed by atoms with Crippen LogP contribution in [0.25, 0.3) is 32.9 Å². The number of hydrogen-bond acceptors (Lipinski definition) is 3. The number of benzene rings is 1. The van der Waals surface area contributed by atoms with Gasteiger partial charge in [-0.15, -0.1) is 0 Å². The summed E-state index contributed by atoms with van der Waals surface area (Å²) in [6, 6.07) is 6.36. The number of rotatable bonds is 3. The van der Waals surface area contributed by atoms with Gasteiger partial charge in [-0.2, -0.15) is 5.10 Å². The van der Waals surface area contributed by atoms with E-state index in [1.165, 1.54) is 5.32 Å². The fourth-order valence-electron chi connectivity index (χ4n) is 3.48. The lowest BCUT2D eigenvalue weighted by Crippen LogP contribution is -2.40. The molecule has 0 atom stereocenters. The van der Waals surface area contributed by atoms with Crippen LogP contribution in [0.2, 0.25) is 19.6 Å². The first kappa shape index (κ1) is 16.0. The number of aliphatic hydroxyl groups is 1. The predicted octanol–water partition coefficient (Wildman–Crippen LogP) is 3.15. The number of nitrogens with zero attached hydrogens (tertiary/aromatic N) is 3. The summed E-state index contributed by atoms with van der Waals surface area (Å²) in [5.41, 5.74) is 4.06. The van der Waals surface area contributed by atoms with Gasteiger partial charge in [-0.3, -0.25) is 4.68 Å². The fraction of sp³-hybridized carbons (Fsp3) is 0.263. The van der Waals surface area contributed by atoms with Crippen molar-refractivity contribution < 1.29 is 5.11 Å². The number of aromatic amines is 1. The Kier molecular flexibility index (Phi) is 3.56. The van der Waals surface area contributed by atoms with Crippen LogP contribution in [0.15, 0.2) is 36.8 Å². The second kappa shape index (κ2) is 5.54. The van der Waals surface area contributed by atoms with Crippen LogP contribution >= 0.6 is 0 Å². The molecule has 25 heavy (non-hydrogen) atoms.